The molecule has 3 rings (SSSR count). The van der Waals surface area contributed by atoms with Gasteiger partial charge in [0.05, 0.1) is 12.1 Å². The van der Waals surface area contributed by atoms with Gasteiger partial charge >= 0.3 is 6.18 Å². The largest absolute Gasteiger partial charge is 0.417 e. The number of piperazine rings is 1. The summed E-state index contributed by atoms with van der Waals surface area (Å²) in [6.07, 6.45) is -3.57. The number of benzene rings is 1. The van der Waals surface area contributed by atoms with Gasteiger partial charge in [0, 0.05) is 43.6 Å². The van der Waals surface area contributed by atoms with Crippen molar-refractivity contribution in [2.24, 2.45) is 5.73 Å². The fourth-order valence-corrected chi connectivity index (χ4v) is 3.00. The van der Waals surface area contributed by atoms with Crippen LogP contribution in [0.5, 0.6) is 0 Å². The Hall–Kier alpha value is -3.14. The Kier molecular flexibility index (Phi) is 6.02. The van der Waals surface area contributed by atoms with Crippen LogP contribution < -0.4 is 16.0 Å². The summed E-state index contributed by atoms with van der Waals surface area (Å²) in [5.74, 6) is -0.252. The van der Waals surface area contributed by atoms with E-state index in [0.717, 1.165) is 12.3 Å². The molecule has 1 aliphatic heterocycles. The third-order valence-corrected chi connectivity index (χ3v) is 4.59. The van der Waals surface area contributed by atoms with Crippen molar-refractivity contribution < 1.29 is 22.8 Å². The van der Waals surface area contributed by atoms with E-state index in [0.29, 0.717) is 43.2 Å². The molecule has 2 aromatic rings. The highest BCUT2D eigenvalue weighted by molar-refractivity contribution is 5.95. The summed E-state index contributed by atoms with van der Waals surface area (Å²) in [6, 6.07) is 8.66. The van der Waals surface area contributed by atoms with Gasteiger partial charge in [0.1, 0.15) is 5.82 Å². The zero-order chi connectivity index (χ0) is 21.0. The Morgan fingerprint density at radius 3 is 2.21 bits per heavy atom. The number of alkyl halides is 3. The van der Waals surface area contributed by atoms with Gasteiger partial charge in [0.25, 0.3) is 0 Å². The first-order valence-electron chi connectivity index (χ1n) is 8.92. The lowest BCUT2D eigenvalue weighted by atomic mass is 10.2. The number of carbonyl (C=O) groups excluding carboxylic acids is 2. The normalized spacial score (nSPS) is 15.2. The minimum atomic E-state index is -4.41. The van der Waals surface area contributed by atoms with Crippen LogP contribution >= 0.6 is 0 Å². The van der Waals surface area contributed by atoms with Gasteiger partial charge in [-0.3, -0.25) is 14.5 Å². The number of nitrogens with two attached hydrogens (primary N) is 1. The van der Waals surface area contributed by atoms with Crippen molar-refractivity contribution in [3.05, 3.63) is 53.7 Å². The van der Waals surface area contributed by atoms with E-state index in [9.17, 15) is 22.8 Å². The molecule has 1 fully saturated rings. The molecular formula is C19H20F3N5O2. The molecule has 7 nitrogen and oxygen atoms in total. The van der Waals surface area contributed by atoms with E-state index in [1.165, 1.54) is 18.2 Å². The van der Waals surface area contributed by atoms with E-state index in [4.69, 9.17) is 5.73 Å². The lowest BCUT2D eigenvalue weighted by molar-refractivity contribution is -0.137. The topological polar surface area (TPSA) is 91.6 Å². The molecule has 0 saturated carbocycles. The average Bonchev–Trinajstić information content (AvgIpc) is 2.68. The van der Waals surface area contributed by atoms with Crippen LogP contribution in [0.25, 0.3) is 0 Å². The highest BCUT2D eigenvalue weighted by Crippen LogP contribution is 2.29. The van der Waals surface area contributed by atoms with Crippen LogP contribution in [0.2, 0.25) is 0 Å². The molecule has 2 heterocycles. The number of hydrogen-bond acceptors (Lipinski definition) is 5. The fraction of sp³-hybridized carbons (Fsp3) is 0.316. The average molecular weight is 407 g/mol. The molecular weight excluding hydrogens is 387 g/mol. The number of amides is 2. The number of hydrogen-bond donors (Lipinski definition) is 2. The number of anilines is 2. The SMILES string of the molecule is NC(=O)c1ccc(NC(=O)CN2CCN(c3ccc(C(F)(F)F)cn3)CC2)cc1. The van der Waals surface area contributed by atoms with E-state index in [2.05, 4.69) is 10.3 Å². The van der Waals surface area contributed by atoms with Crippen LogP contribution in [0.1, 0.15) is 15.9 Å². The standard InChI is InChI=1S/C19H20F3N5O2/c20-19(21,22)14-3-6-16(24-11-14)27-9-7-26(8-10-27)12-17(28)25-15-4-1-13(2-5-15)18(23)29/h1-6,11H,7-10,12H2,(H2,23,29)(H,25,28). The quantitative estimate of drug-likeness (QED) is 0.791. The third-order valence-electron chi connectivity index (χ3n) is 4.59. The number of aromatic nitrogens is 1. The molecule has 0 unspecified atom stereocenters. The maximum absolute atomic E-state index is 12.6. The van der Waals surface area contributed by atoms with Gasteiger partial charge in [-0.1, -0.05) is 0 Å². The number of rotatable bonds is 5. The van der Waals surface area contributed by atoms with E-state index < -0.39 is 17.6 Å². The van der Waals surface area contributed by atoms with Gasteiger partial charge in [-0.2, -0.15) is 13.2 Å². The number of nitrogens with one attached hydrogen (secondary N) is 1. The first-order chi connectivity index (χ1) is 13.7. The summed E-state index contributed by atoms with van der Waals surface area (Å²) in [5, 5.41) is 2.75. The van der Waals surface area contributed by atoms with Gasteiger partial charge in [-0.15, -0.1) is 0 Å². The highest BCUT2D eigenvalue weighted by Gasteiger charge is 2.31. The minimum Gasteiger partial charge on any atom is -0.366 e. The second-order valence-corrected chi connectivity index (χ2v) is 6.66. The van der Waals surface area contributed by atoms with E-state index in [-0.39, 0.29) is 12.5 Å². The molecule has 1 aromatic carbocycles. The predicted octanol–water partition coefficient (Wildman–Crippen LogP) is 1.96. The molecule has 1 saturated heterocycles. The van der Waals surface area contributed by atoms with E-state index >= 15 is 0 Å². The van der Waals surface area contributed by atoms with Crippen molar-refractivity contribution in [2.45, 2.75) is 6.18 Å². The van der Waals surface area contributed by atoms with E-state index in [1.54, 1.807) is 12.1 Å². The molecule has 10 heteroatoms. The summed E-state index contributed by atoms with van der Waals surface area (Å²) >= 11 is 0. The Bertz CT molecular complexity index is 861. The molecule has 29 heavy (non-hydrogen) atoms. The predicted molar refractivity (Wildman–Crippen MR) is 101 cm³/mol. The van der Waals surface area contributed by atoms with Crippen LogP contribution in [0.4, 0.5) is 24.7 Å². The van der Waals surface area contributed by atoms with Crippen LogP contribution in [0, 0.1) is 0 Å². The monoisotopic (exact) mass is 407 g/mol. The van der Waals surface area contributed by atoms with Crippen molar-refractivity contribution in [3.63, 3.8) is 0 Å². The minimum absolute atomic E-state index is 0.186. The summed E-state index contributed by atoms with van der Waals surface area (Å²) in [5.41, 5.74) is 5.32. The number of carbonyl (C=O) groups is 2. The second kappa shape index (κ2) is 8.48. The Morgan fingerprint density at radius 1 is 1.03 bits per heavy atom. The number of halogens is 3. The van der Waals surface area contributed by atoms with Gasteiger partial charge in [-0.25, -0.2) is 4.98 Å². The molecule has 1 aliphatic rings. The fourth-order valence-electron chi connectivity index (χ4n) is 3.00. The maximum atomic E-state index is 12.6. The van der Waals surface area contributed by atoms with Gasteiger partial charge < -0.3 is 16.0 Å². The molecule has 0 bridgehead atoms. The molecule has 0 aliphatic carbocycles. The summed E-state index contributed by atoms with van der Waals surface area (Å²) in [6.45, 7) is 2.46. The summed E-state index contributed by atoms with van der Waals surface area (Å²) < 4.78 is 37.9. The first-order valence-corrected chi connectivity index (χ1v) is 8.92. The molecule has 1 aromatic heterocycles. The van der Waals surface area contributed by atoms with Crippen molar-refractivity contribution in [1.29, 1.82) is 0 Å². The number of nitrogens with zero attached hydrogens (tertiary/aromatic N) is 3. The highest BCUT2D eigenvalue weighted by atomic mass is 19.4. The number of pyridine rings is 1. The van der Waals surface area contributed by atoms with Crippen LogP contribution in [-0.4, -0.2) is 54.4 Å². The molecule has 2 amide bonds. The summed E-state index contributed by atoms with van der Waals surface area (Å²) in [7, 11) is 0. The molecule has 154 valence electrons. The van der Waals surface area contributed by atoms with Crippen LogP contribution in [0.3, 0.4) is 0 Å². The second-order valence-electron chi connectivity index (χ2n) is 6.66. The first kappa shape index (κ1) is 20.6. The maximum Gasteiger partial charge on any atom is 0.417 e. The molecule has 0 radical (unpaired) electrons. The Balaban J connectivity index is 1.48. The lowest BCUT2D eigenvalue weighted by Crippen LogP contribution is -2.48. The molecule has 3 N–H and O–H groups in total. The van der Waals surface area contributed by atoms with Crippen molar-refractivity contribution in [1.82, 2.24) is 9.88 Å². The van der Waals surface area contributed by atoms with Gasteiger partial charge in [-0.05, 0) is 36.4 Å². The smallest absolute Gasteiger partial charge is 0.366 e. The van der Waals surface area contributed by atoms with Gasteiger partial charge in [0.15, 0.2) is 0 Å². The van der Waals surface area contributed by atoms with Crippen molar-refractivity contribution >= 4 is 23.3 Å². The van der Waals surface area contributed by atoms with E-state index in [1.807, 2.05) is 9.80 Å². The Morgan fingerprint density at radius 2 is 1.69 bits per heavy atom. The van der Waals surface area contributed by atoms with Crippen LogP contribution in [-0.2, 0) is 11.0 Å². The zero-order valence-electron chi connectivity index (χ0n) is 15.4. The third kappa shape index (κ3) is 5.44. The van der Waals surface area contributed by atoms with Gasteiger partial charge in [0.2, 0.25) is 11.8 Å². The van der Waals surface area contributed by atoms with Crippen LogP contribution in [0.15, 0.2) is 42.6 Å². The van der Waals surface area contributed by atoms with Crippen molar-refractivity contribution in [2.75, 3.05) is 42.9 Å². The van der Waals surface area contributed by atoms with Crippen molar-refractivity contribution in [3.8, 4) is 0 Å². The Labute approximate surface area is 165 Å². The summed E-state index contributed by atoms with van der Waals surface area (Å²) in [4.78, 5) is 31.0. The lowest BCUT2D eigenvalue weighted by Gasteiger charge is -2.35. The molecule has 0 spiro atoms. The zero-order valence-corrected chi connectivity index (χ0v) is 15.4. The molecule has 0 atom stereocenters. The number of primary amides is 1.